The molecule has 2 amide bonds. The number of anilines is 1. The molecule has 1 aliphatic heterocycles. The van der Waals surface area contributed by atoms with E-state index in [2.05, 4.69) is 5.32 Å². The van der Waals surface area contributed by atoms with Crippen LogP contribution in [-0.4, -0.2) is 43.5 Å². The number of rotatable bonds is 6. The van der Waals surface area contributed by atoms with E-state index in [1.54, 1.807) is 24.1 Å². The van der Waals surface area contributed by atoms with Gasteiger partial charge in [0, 0.05) is 25.9 Å². The maximum atomic E-state index is 13.1. The number of carbonyl (C=O) groups excluding carboxylic acids is 2. The molecule has 0 bridgehead atoms. The summed E-state index contributed by atoms with van der Waals surface area (Å²) in [5.74, 6) is -0.567. The van der Waals surface area contributed by atoms with Gasteiger partial charge < -0.3 is 15.0 Å². The van der Waals surface area contributed by atoms with Gasteiger partial charge in [0.1, 0.15) is 5.82 Å². The molecule has 3 rings (SSSR count). The number of amides is 2. The first kappa shape index (κ1) is 20.0. The standard InChI is InChI=1S/C22H25FN2O3/c1-28-13-11-21(26)25-12-3-5-18(15-25)22(27)24-20-6-2-4-17(14-20)16-7-9-19(23)10-8-16/h2,4,6-10,14,18H,3,5,11-13,15H2,1H3,(H,24,27)/t18-/m0/s1. The summed E-state index contributed by atoms with van der Waals surface area (Å²) in [7, 11) is 1.57. The third-order valence-corrected chi connectivity index (χ3v) is 4.97. The van der Waals surface area contributed by atoms with Gasteiger partial charge in [0.15, 0.2) is 0 Å². The highest BCUT2D eigenvalue weighted by molar-refractivity contribution is 5.93. The summed E-state index contributed by atoms with van der Waals surface area (Å²) in [5, 5.41) is 2.96. The van der Waals surface area contributed by atoms with Crippen LogP contribution in [0.5, 0.6) is 0 Å². The quantitative estimate of drug-likeness (QED) is 0.826. The van der Waals surface area contributed by atoms with E-state index in [9.17, 15) is 14.0 Å². The predicted octanol–water partition coefficient (Wildman–Crippen LogP) is 3.71. The van der Waals surface area contributed by atoms with Gasteiger partial charge in [-0.1, -0.05) is 24.3 Å². The zero-order chi connectivity index (χ0) is 19.9. The molecule has 0 radical (unpaired) electrons. The number of likely N-dealkylation sites (tertiary alicyclic amines) is 1. The Bertz CT molecular complexity index is 823. The number of nitrogens with zero attached hydrogens (tertiary/aromatic N) is 1. The highest BCUT2D eigenvalue weighted by atomic mass is 19.1. The van der Waals surface area contributed by atoms with Gasteiger partial charge in [-0.3, -0.25) is 9.59 Å². The van der Waals surface area contributed by atoms with Crippen molar-refractivity contribution in [1.82, 2.24) is 4.90 Å². The van der Waals surface area contributed by atoms with Crippen LogP contribution in [0.4, 0.5) is 10.1 Å². The number of hydrogen-bond donors (Lipinski definition) is 1. The molecule has 0 aromatic heterocycles. The van der Waals surface area contributed by atoms with Crippen molar-refractivity contribution >= 4 is 17.5 Å². The summed E-state index contributed by atoms with van der Waals surface area (Å²) in [5.41, 5.74) is 2.47. The van der Waals surface area contributed by atoms with Crippen LogP contribution in [0.15, 0.2) is 48.5 Å². The predicted molar refractivity (Wildman–Crippen MR) is 106 cm³/mol. The van der Waals surface area contributed by atoms with E-state index in [0.717, 1.165) is 24.0 Å². The van der Waals surface area contributed by atoms with Crippen molar-refractivity contribution in [2.24, 2.45) is 5.92 Å². The molecule has 1 atom stereocenters. The lowest BCUT2D eigenvalue weighted by atomic mass is 9.96. The lowest BCUT2D eigenvalue weighted by molar-refractivity contribution is -0.135. The Morgan fingerprint density at radius 3 is 2.71 bits per heavy atom. The Morgan fingerprint density at radius 1 is 1.18 bits per heavy atom. The van der Waals surface area contributed by atoms with Gasteiger partial charge in [-0.25, -0.2) is 4.39 Å². The van der Waals surface area contributed by atoms with Crippen molar-refractivity contribution < 1.29 is 18.7 Å². The van der Waals surface area contributed by atoms with Crippen molar-refractivity contribution in [3.05, 3.63) is 54.3 Å². The van der Waals surface area contributed by atoms with Crippen LogP contribution in [0.2, 0.25) is 0 Å². The minimum absolute atomic E-state index is 0.0256. The second kappa shape index (κ2) is 9.46. The van der Waals surface area contributed by atoms with Gasteiger partial charge in [0.2, 0.25) is 11.8 Å². The third kappa shape index (κ3) is 5.16. The van der Waals surface area contributed by atoms with Gasteiger partial charge in [-0.05, 0) is 48.2 Å². The minimum Gasteiger partial charge on any atom is -0.384 e. The summed E-state index contributed by atoms with van der Waals surface area (Å²) in [6.07, 6.45) is 1.91. The first-order valence-electron chi connectivity index (χ1n) is 9.50. The minimum atomic E-state index is -0.282. The molecule has 5 nitrogen and oxygen atoms in total. The lowest BCUT2D eigenvalue weighted by Crippen LogP contribution is -2.44. The van der Waals surface area contributed by atoms with Gasteiger partial charge in [0.05, 0.1) is 18.9 Å². The zero-order valence-electron chi connectivity index (χ0n) is 16.0. The summed E-state index contributed by atoms with van der Waals surface area (Å²) < 4.78 is 18.1. The normalized spacial score (nSPS) is 16.6. The van der Waals surface area contributed by atoms with Gasteiger partial charge in [0.25, 0.3) is 0 Å². The molecule has 28 heavy (non-hydrogen) atoms. The number of piperidine rings is 1. The fourth-order valence-electron chi connectivity index (χ4n) is 3.43. The molecule has 148 valence electrons. The van der Waals surface area contributed by atoms with Crippen molar-refractivity contribution in [3.8, 4) is 11.1 Å². The van der Waals surface area contributed by atoms with E-state index >= 15 is 0 Å². The van der Waals surface area contributed by atoms with Crippen LogP contribution < -0.4 is 5.32 Å². The highest BCUT2D eigenvalue weighted by Gasteiger charge is 2.28. The molecule has 0 saturated carbocycles. The van der Waals surface area contributed by atoms with Crippen LogP contribution in [0.3, 0.4) is 0 Å². The van der Waals surface area contributed by atoms with Crippen LogP contribution in [-0.2, 0) is 14.3 Å². The lowest BCUT2D eigenvalue weighted by Gasteiger charge is -2.32. The molecule has 0 unspecified atom stereocenters. The van der Waals surface area contributed by atoms with Crippen molar-refractivity contribution in [3.63, 3.8) is 0 Å². The van der Waals surface area contributed by atoms with Gasteiger partial charge >= 0.3 is 0 Å². The van der Waals surface area contributed by atoms with Crippen molar-refractivity contribution in [2.45, 2.75) is 19.3 Å². The van der Waals surface area contributed by atoms with Gasteiger partial charge in [-0.2, -0.15) is 0 Å². The molecule has 1 saturated heterocycles. The number of carbonyl (C=O) groups is 2. The highest BCUT2D eigenvalue weighted by Crippen LogP contribution is 2.24. The number of hydrogen-bond acceptors (Lipinski definition) is 3. The molecule has 0 aliphatic carbocycles. The molecule has 1 N–H and O–H groups in total. The molecule has 2 aromatic carbocycles. The third-order valence-electron chi connectivity index (χ3n) is 4.97. The second-order valence-corrected chi connectivity index (χ2v) is 7.00. The Hall–Kier alpha value is -2.73. The van der Waals surface area contributed by atoms with E-state index in [0.29, 0.717) is 31.8 Å². The monoisotopic (exact) mass is 384 g/mol. The summed E-state index contributed by atoms with van der Waals surface area (Å²) in [6.45, 7) is 1.51. The Kier molecular flexibility index (Phi) is 6.76. The topological polar surface area (TPSA) is 58.6 Å². The van der Waals surface area contributed by atoms with Crippen molar-refractivity contribution in [1.29, 1.82) is 0 Å². The van der Waals surface area contributed by atoms with E-state index < -0.39 is 0 Å². The van der Waals surface area contributed by atoms with E-state index in [4.69, 9.17) is 4.74 Å². The number of nitrogens with one attached hydrogen (secondary N) is 1. The van der Waals surface area contributed by atoms with Gasteiger partial charge in [-0.15, -0.1) is 0 Å². The summed E-state index contributed by atoms with van der Waals surface area (Å²) in [6, 6.07) is 13.7. The number of ether oxygens (including phenoxy) is 1. The number of benzene rings is 2. The molecule has 1 aliphatic rings. The SMILES string of the molecule is COCCC(=O)N1CCC[C@H](C(=O)Nc2cccc(-c3ccc(F)cc3)c2)C1. The second-order valence-electron chi connectivity index (χ2n) is 7.00. The molecule has 1 fully saturated rings. The number of halogens is 1. The fourth-order valence-corrected chi connectivity index (χ4v) is 3.43. The average Bonchev–Trinajstić information content (AvgIpc) is 2.73. The fraction of sp³-hybridized carbons (Fsp3) is 0.364. The van der Waals surface area contributed by atoms with Crippen LogP contribution >= 0.6 is 0 Å². The van der Waals surface area contributed by atoms with Crippen LogP contribution in [0.25, 0.3) is 11.1 Å². The van der Waals surface area contributed by atoms with E-state index in [1.165, 1.54) is 12.1 Å². The maximum absolute atomic E-state index is 13.1. The molecule has 2 aromatic rings. The molecular formula is C22H25FN2O3. The van der Waals surface area contributed by atoms with Crippen LogP contribution in [0.1, 0.15) is 19.3 Å². The average molecular weight is 384 g/mol. The van der Waals surface area contributed by atoms with E-state index in [-0.39, 0.29) is 23.5 Å². The largest absolute Gasteiger partial charge is 0.384 e. The molecule has 6 heteroatoms. The first-order chi connectivity index (χ1) is 13.6. The smallest absolute Gasteiger partial charge is 0.229 e. The van der Waals surface area contributed by atoms with Crippen LogP contribution in [0, 0.1) is 11.7 Å². The van der Waals surface area contributed by atoms with E-state index in [1.807, 2.05) is 24.3 Å². The Balaban J connectivity index is 1.63. The molecular weight excluding hydrogens is 359 g/mol. The number of methoxy groups -OCH3 is 1. The first-order valence-corrected chi connectivity index (χ1v) is 9.50. The Labute approximate surface area is 164 Å². The molecule has 0 spiro atoms. The summed E-state index contributed by atoms with van der Waals surface area (Å²) in [4.78, 5) is 26.7. The zero-order valence-corrected chi connectivity index (χ0v) is 16.0. The Morgan fingerprint density at radius 2 is 1.96 bits per heavy atom. The summed E-state index contributed by atoms with van der Waals surface area (Å²) >= 11 is 0. The van der Waals surface area contributed by atoms with Crippen molar-refractivity contribution in [2.75, 3.05) is 32.1 Å². The maximum Gasteiger partial charge on any atom is 0.229 e. The molecule has 1 heterocycles.